The molecule has 2 amide bonds. The zero-order chi connectivity index (χ0) is 46.7. The van der Waals surface area contributed by atoms with Crippen LogP contribution in [0.1, 0.15) is 47.1 Å². The molecule has 0 heterocycles. The Kier molecular flexibility index (Phi) is 20.6. The topological polar surface area (TPSA) is 234 Å². The minimum Gasteiger partial charge on any atom is -0.461 e. The molecule has 0 aliphatic rings. The van der Waals surface area contributed by atoms with Gasteiger partial charge >= 0.3 is 48.0 Å². The van der Waals surface area contributed by atoms with Crippen molar-refractivity contribution in [2.45, 2.75) is 48.5 Å². The molecule has 0 aliphatic heterocycles. The van der Waals surface area contributed by atoms with Crippen LogP contribution in [0.3, 0.4) is 0 Å². The fourth-order valence-corrected chi connectivity index (χ4v) is 4.17. The lowest BCUT2D eigenvalue weighted by atomic mass is 9.92. The van der Waals surface area contributed by atoms with Crippen molar-refractivity contribution >= 4 is 59.4 Å². The summed E-state index contributed by atoms with van der Waals surface area (Å²) in [7, 11) is 0. The van der Waals surface area contributed by atoms with E-state index in [9.17, 15) is 38.4 Å². The van der Waals surface area contributed by atoms with E-state index in [1.807, 2.05) is 0 Å². The van der Waals surface area contributed by atoms with Crippen molar-refractivity contribution in [3.63, 3.8) is 0 Å². The van der Waals surface area contributed by atoms with E-state index in [2.05, 4.69) is 50.1 Å². The van der Waals surface area contributed by atoms with Crippen LogP contribution in [0.15, 0.2) is 91.1 Å². The average molecular weight is 855 g/mol. The quantitative estimate of drug-likeness (QED) is 0.0712. The fraction of sp³-hybridized carbons (Fsp3) is 0.395. The molecule has 0 atom stereocenters. The van der Waals surface area contributed by atoms with E-state index in [0.29, 0.717) is 5.56 Å². The first-order chi connectivity index (χ1) is 28.3. The van der Waals surface area contributed by atoms with Gasteiger partial charge in [0.2, 0.25) is 0 Å². The molecule has 0 aromatic heterocycles. The molecule has 0 saturated heterocycles. The molecule has 18 nitrogen and oxygen atoms in total. The molecule has 0 spiro atoms. The molecule has 332 valence electrons. The van der Waals surface area contributed by atoms with Gasteiger partial charge in [0.1, 0.15) is 63.7 Å². The van der Waals surface area contributed by atoms with Crippen molar-refractivity contribution in [1.82, 2.24) is 0 Å². The van der Waals surface area contributed by atoms with Crippen molar-refractivity contribution in [1.29, 1.82) is 0 Å². The molecule has 1 rings (SSSR count). The lowest BCUT2D eigenvalue weighted by molar-refractivity contribution is -0.162. The third-order valence-corrected chi connectivity index (χ3v) is 7.88. The summed E-state index contributed by atoms with van der Waals surface area (Å²) in [4.78, 5) is 100.0. The van der Waals surface area contributed by atoms with E-state index in [-0.39, 0.29) is 44.8 Å². The van der Waals surface area contributed by atoms with E-state index in [1.54, 1.807) is 6.92 Å². The van der Waals surface area contributed by atoms with E-state index in [4.69, 9.17) is 37.9 Å². The Morgan fingerprint density at radius 1 is 0.426 bits per heavy atom. The molecule has 0 bridgehead atoms. The van der Waals surface area contributed by atoms with Crippen molar-refractivity contribution in [2.24, 2.45) is 10.8 Å². The summed E-state index contributed by atoms with van der Waals surface area (Å²) in [6.45, 7) is 26.8. The second kappa shape index (κ2) is 24.2. The summed E-state index contributed by atoms with van der Waals surface area (Å²) in [5.41, 5.74) is -2.07. The lowest BCUT2D eigenvalue weighted by Gasteiger charge is -2.31. The third-order valence-electron chi connectivity index (χ3n) is 7.88. The highest BCUT2D eigenvalue weighted by Gasteiger charge is 2.40. The number of ether oxygens (including phenoxy) is 8. The molecule has 1 aromatic carbocycles. The van der Waals surface area contributed by atoms with E-state index >= 15 is 0 Å². The Morgan fingerprint density at radius 2 is 0.672 bits per heavy atom. The molecule has 0 radical (unpaired) electrons. The van der Waals surface area contributed by atoms with Crippen LogP contribution in [0, 0.1) is 17.8 Å². The molecule has 0 unspecified atom stereocenters. The molecule has 18 heteroatoms. The normalized spacial score (nSPS) is 10.7. The predicted molar refractivity (Wildman–Crippen MR) is 221 cm³/mol. The van der Waals surface area contributed by atoms with Gasteiger partial charge in [0.25, 0.3) is 0 Å². The van der Waals surface area contributed by atoms with Crippen LogP contribution >= 0.6 is 0 Å². The number of anilines is 2. The van der Waals surface area contributed by atoms with Crippen LogP contribution in [0.5, 0.6) is 0 Å². The third kappa shape index (κ3) is 18.7. The monoisotopic (exact) mass is 854 g/mol. The highest BCUT2D eigenvalue weighted by molar-refractivity contribution is 5.90. The van der Waals surface area contributed by atoms with Gasteiger partial charge in [-0.3, -0.25) is 10.6 Å². The number of rotatable bonds is 24. The van der Waals surface area contributed by atoms with Gasteiger partial charge in [-0.1, -0.05) is 39.5 Å². The van der Waals surface area contributed by atoms with Gasteiger partial charge in [-0.05, 0) is 72.2 Å². The minimum absolute atomic E-state index is 0.0462. The SMILES string of the molecule is C=C(C)C(=O)OCC(COC(=O)Nc1ccc(NC(=O)OCC(COC(=O)C(=C)C)(COC(=O)C(=C)C)COC(=O)C(=C)C)c(C)c1)(COC(=O)C(=C)C)COC(=O)C(=C)C. The van der Waals surface area contributed by atoms with Crippen LogP contribution in [-0.4, -0.2) is 101 Å². The van der Waals surface area contributed by atoms with Gasteiger partial charge < -0.3 is 37.9 Å². The summed E-state index contributed by atoms with van der Waals surface area (Å²) in [6.07, 6.45) is -2.03. The van der Waals surface area contributed by atoms with Crippen molar-refractivity contribution < 1.29 is 76.3 Å². The molecule has 61 heavy (non-hydrogen) atoms. The number of nitrogens with one attached hydrogen (secondary N) is 2. The van der Waals surface area contributed by atoms with Crippen LogP contribution in [0.25, 0.3) is 0 Å². The van der Waals surface area contributed by atoms with E-state index in [0.717, 1.165) is 0 Å². The number of carbonyl (C=O) groups excluding carboxylic acids is 8. The molecule has 0 aliphatic carbocycles. The summed E-state index contributed by atoms with van der Waals surface area (Å²) in [5, 5.41) is 5.05. The van der Waals surface area contributed by atoms with Crippen LogP contribution in [-0.2, 0) is 66.7 Å². The lowest BCUT2D eigenvalue weighted by Crippen LogP contribution is -2.44. The first kappa shape index (κ1) is 52.0. The first-order valence-electron chi connectivity index (χ1n) is 18.3. The second-order valence-corrected chi connectivity index (χ2v) is 14.6. The maximum atomic E-state index is 13.1. The standard InChI is InChI=1S/C43H54N2O16/c1-25(2)34(46)54-17-42(18-55-35(47)26(3)4,19-56-36(48)27(5)6)23-60-40(52)44-32-14-15-33(31(13)16-32)45-41(53)61-24-43(20-57-37(49)28(7)8,21-58-38(50)29(9)10)22-59-39(51)30(11)12/h14-16H,1,3,5,7,9,11,17-24H2,2,4,6,8,10,12-13H3,(H,44,52)(H,45,53). The van der Waals surface area contributed by atoms with Crippen LogP contribution < -0.4 is 10.6 Å². The zero-order valence-electron chi connectivity index (χ0n) is 35.7. The second-order valence-electron chi connectivity index (χ2n) is 14.6. The summed E-state index contributed by atoms with van der Waals surface area (Å²) < 4.78 is 42.7. The predicted octanol–water partition coefficient (Wildman–Crippen LogP) is 5.78. The Labute approximate surface area is 354 Å². The highest BCUT2D eigenvalue weighted by Crippen LogP contribution is 2.26. The molecule has 1 aromatic rings. The number of benzene rings is 1. The highest BCUT2D eigenvalue weighted by atomic mass is 16.6. The summed E-state index contributed by atoms with van der Waals surface area (Å²) in [6, 6.07) is 4.30. The van der Waals surface area contributed by atoms with Crippen molar-refractivity contribution in [3.8, 4) is 0 Å². The average Bonchev–Trinajstić information content (AvgIpc) is 3.19. The Morgan fingerprint density at radius 3 is 0.918 bits per heavy atom. The Bertz CT molecular complexity index is 1810. The maximum Gasteiger partial charge on any atom is 0.411 e. The number of amides is 2. The number of esters is 6. The minimum atomic E-state index is -1.59. The zero-order valence-corrected chi connectivity index (χ0v) is 35.7. The number of aryl methyl sites for hydroxylation is 1. The maximum absolute atomic E-state index is 13.1. The van der Waals surface area contributed by atoms with Crippen molar-refractivity contribution in [3.05, 3.63) is 96.7 Å². The number of hydrogen-bond acceptors (Lipinski definition) is 16. The largest absolute Gasteiger partial charge is 0.461 e. The number of hydrogen-bond donors (Lipinski definition) is 2. The number of carbonyl (C=O) groups is 8. The summed E-state index contributed by atoms with van der Waals surface area (Å²) in [5.74, 6) is -4.86. The van der Waals surface area contributed by atoms with Crippen LogP contribution in [0.4, 0.5) is 21.0 Å². The van der Waals surface area contributed by atoms with Crippen molar-refractivity contribution in [2.75, 3.05) is 63.5 Å². The van der Waals surface area contributed by atoms with Gasteiger partial charge in [0, 0.05) is 44.8 Å². The molecule has 2 N–H and O–H groups in total. The molecule has 0 saturated carbocycles. The summed E-state index contributed by atoms with van der Waals surface area (Å²) >= 11 is 0. The molecular weight excluding hydrogens is 800 g/mol. The van der Waals surface area contributed by atoms with Gasteiger partial charge in [0.15, 0.2) is 0 Å². The van der Waals surface area contributed by atoms with Gasteiger partial charge in [-0.2, -0.15) is 0 Å². The van der Waals surface area contributed by atoms with Gasteiger partial charge in [0.05, 0.1) is 0 Å². The Hall–Kier alpha value is -6.98. The smallest absolute Gasteiger partial charge is 0.411 e. The Balaban J connectivity index is 3.25. The molecule has 0 fully saturated rings. The van der Waals surface area contributed by atoms with E-state index in [1.165, 1.54) is 59.7 Å². The van der Waals surface area contributed by atoms with Gasteiger partial charge in [-0.15, -0.1) is 0 Å². The first-order valence-corrected chi connectivity index (χ1v) is 18.3. The van der Waals surface area contributed by atoms with Crippen LogP contribution in [0.2, 0.25) is 0 Å². The van der Waals surface area contributed by atoms with Gasteiger partial charge in [-0.25, -0.2) is 38.4 Å². The molecular formula is C43H54N2O16. The van der Waals surface area contributed by atoms with E-state index < -0.39 is 112 Å². The fourth-order valence-electron chi connectivity index (χ4n) is 4.17.